The van der Waals surface area contributed by atoms with Gasteiger partial charge in [-0.3, -0.25) is 10.1 Å². The largest absolute Gasteiger partial charge is 0.322 e. The number of hydrogen-bond donors (Lipinski definition) is 1. The van der Waals surface area contributed by atoms with Gasteiger partial charge in [-0.15, -0.1) is 12.4 Å². The van der Waals surface area contributed by atoms with Crippen molar-refractivity contribution in [2.45, 2.75) is 6.04 Å². The summed E-state index contributed by atoms with van der Waals surface area (Å²) in [7, 11) is 0. The minimum atomic E-state index is -0.914. The molecule has 0 aliphatic carbocycles. The van der Waals surface area contributed by atoms with Crippen molar-refractivity contribution < 1.29 is 9.31 Å². The predicted octanol–water partition coefficient (Wildman–Crippen LogP) is 2.64. The molecule has 1 atom stereocenters. The molecule has 0 heterocycles. The molecule has 4 nitrogen and oxygen atoms in total. The molecule has 0 saturated heterocycles. The van der Waals surface area contributed by atoms with Crippen LogP contribution in [0.5, 0.6) is 0 Å². The Bertz CT molecular complexity index is 362. The molecule has 0 aromatic heterocycles. The SMILES string of the molecule is Cl.N[C@H](CF)c1cc([N+](=O)[O-])ccc1Cl. The number of nitrogens with zero attached hydrogens (tertiary/aromatic N) is 1. The van der Waals surface area contributed by atoms with Crippen LogP contribution in [0.25, 0.3) is 0 Å². The monoisotopic (exact) mass is 254 g/mol. The molecular weight excluding hydrogens is 246 g/mol. The van der Waals surface area contributed by atoms with Crippen molar-refractivity contribution >= 4 is 29.7 Å². The van der Waals surface area contributed by atoms with E-state index in [4.69, 9.17) is 17.3 Å². The van der Waals surface area contributed by atoms with Gasteiger partial charge in [-0.05, 0) is 11.6 Å². The first-order chi connectivity index (χ1) is 6.56. The van der Waals surface area contributed by atoms with Crippen LogP contribution in [0.4, 0.5) is 10.1 Å². The number of hydrogen-bond acceptors (Lipinski definition) is 3. The molecule has 0 aliphatic rings. The standard InChI is InChI=1S/C8H8ClFN2O2.ClH/c9-7-2-1-5(12(13)14)3-6(7)8(11)4-10;/h1-3,8H,4,11H2;1H/t8-;/m1./s1. The highest BCUT2D eigenvalue weighted by Gasteiger charge is 2.14. The van der Waals surface area contributed by atoms with Gasteiger partial charge in [0.1, 0.15) is 6.67 Å². The van der Waals surface area contributed by atoms with E-state index in [1.54, 1.807) is 0 Å². The van der Waals surface area contributed by atoms with Gasteiger partial charge >= 0.3 is 0 Å². The summed E-state index contributed by atoms with van der Waals surface area (Å²) in [4.78, 5) is 9.82. The van der Waals surface area contributed by atoms with E-state index in [0.29, 0.717) is 0 Å². The Morgan fingerprint density at radius 2 is 2.20 bits per heavy atom. The maximum Gasteiger partial charge on any atom is 0.269 e. The first kappa shape index (κ1) is 14.1. The second-order valence-electron chi connectivity index (χ2n) is 2.72. The van der Waals surface area contributed by atoms with Gasteiger partial charge in [0.15, 0.2) is 0 Å². The van der Waals surface area contributed by atoms with Crippen LogP contribution in [-0.4, -0.2) is 11.6 Å². The lowest BCUT2D eigenvalue weighted by molar-refractivity contribution is -0.384. The van der Waals surface area contributed by atoms with E-state index in [-0.39, 0.29) is 28.7 Å². The van der Waals surface area contributed by atoms with E-state index in [9.17, 15) is 14.5 Å². The van der Waals surface area contributed by atoms with Gasteiger partial charge in [-0.1, -0.05) is 11.6 Å². The highest BCUT2D eigenvalue weighted by atomic mass is 35.5. The molecule has 1 aromatic rings. The zero-order valence-corrected chi connectivity index (χ0v) is 9.09. The van der Waals surface area contributed by atoms with Crippen LogP contribution in [0.15, 0.2) is 18.2 Å². The van der Waals surface area contributed by atoms with Crippen LogP contribution in [0.2, 0.25) is 5.02 Å². The predicted molar refractivity (Wildman–Crippen MR) is 58.3 cm³/mol. The van der Waals surface area contributed by atoms with Gasteiger partial charge < -0.3 is 5.73 Å². The van der Waals surface area contributed by atoms with Crippen LogP contribution >= 0.6 is 24.0 Å². The van der Waals surface area contributed by atoms with E-state index in [2.05, 4.69) is 0 Å². The van der Waals surface area contributed by atoms with Crippen LogP contribution in [0, 0.1) is 10.1 Å². The first-order valence-corrected chi connectivity index (χ1v) is 4.19. The fourth-order valence-electron chi connectivity index (χ4n) is 1.01. The molecule has 0 spiro atoms. The highest BCUT2D eigenvalue weighted by Crippen LogP contribution is 2.26. The molecule has 15 heavy (non-hydrogen) atoms. The van der Waals surface area contributed by atoms with Gasteiger partial charge in [-0.25, -0.2) is 4.39 Å². The zero-order chi connectivity index (χ0) is 10.7. The van der Waals surface area contributed by atoms with Crippen molar-refractivity contribution in [1.29, 1.82) is 0 Å². The maximum absolute atomic E-state index is 12.2. The van der Waals surface area contributed by atoms with Crippen molar-refractivity contribution in [3.8, 4) is 0 Å². The van der Waals surface area contributed by atoms with E-state index in [1.165, 1.54) is 18.2 Å². The third-order valence-corrected chi connectivity index (χ3v) is 2.10. The summed E-state index contributed by atoms with van der Waals surface area (Å²) in [6.07, 6.45) is 0. The first-order valence-electron chi connectivity index (χ1n) is 3.81. The van der Waals surface area contributed by atoms with Gasteiger partial charge in [0.2, 0.25) is 0 Å². The van der Waals surface area contributed by atoms with Crippen LogP contribution in [0.1, 0.15) is 11.6 Å². The minimum absolute atomic E-state index is 0. The molecule has 0 aliphatic heterocycles. The molecule has 7 heteroatoms. The summed E-state index contributed by atoms with van der Waals surface area (Å²) in [6, 6.07) is 2.86. The third kappa shape index (κ3) is 3.30. The van der Waals surface area contributed by atoms with E-state index < -0.39 is 17.6 Å². The van der Waals surface area contributed by atoms with E-state index in [1.807, 2.05) is 0 Å². The number of benzene rings is 1. The summed E-state index contributed by atoms with van der Waals surface area (Å²) in [5.74, 6) is 0. The van der Waals surface area contributed by atoms with Crippen LogP contribution < -0.4 is 5.73 Å². The third-order valence-electron chi connectivity index (χ3n) is 1.76. The average molecular weight is 255 g/mol. The number of alkyl halides is 1. The van der Waals surface area contributed by atoms with E-state index >= 15 is 0 Å². The zero-order valence-electron chi connectivity index (χ0n) is 7.52. The lowest BCUT2D eigenvalue weighted by Gasteiger charge is -2.08. The molecule has 1 aromatic carbocycles. The fourth-order valence-corrected chi connectivity index (χ4v) is 1.27. The summed E-state index contributed by atoms with van der Waals surface area (Å²) in [5, 5.41) is 10.6. The van der Waals surface area contributed by atoms with Crippen molar-refractivity contribution in [1.82, 2.24) is 0 Å². The highest BCUT2D eigenvalue weighted by molar-refractivity contribution is 6.31. The molecule has 2 N–H and O–H groups in total. The molecule has 0 unspecified atom stereocenters. The summed E-state index contributed by atoms with van der Waals surface area (Å²) in [6.45, 7) is -0.805. The van der Waals surface area contributed by atoms with Gasteiger partial charge in [0, 0.05) is 17.2 Å². The summed E-state index contributed by atoms with van der Waals surface area (Å²) >= 11 is 5.71. The van der Waals surface area contributed by atoms with Crippen molar-refractivity contribution in [2.24, 2.45) is 5.73 Å². The Labute approximate surface area is 96.8 Å². The molecule has 0 amide bonds. The number of rotatable bonds is 3. The number of nitrogens with two attached hydrogens (primary N) is 1. The van der Waals surface area contributed by atoms with Crippen molar-refractivity contribution in [2.75, 3.05) is 6.67 Å². The maximum atomic E-state index is 12.2. The Kier molecular flexibility index (Phi) is 5.49. The Morgan fingerprint density at radius 3 is 2.67 bits per heavy atom. The van der Waals surface area contributed by atoms with Crippen LogP contribution in [-0.2, 0) is 0 Å². The minimum Gasteiger partial charge on any atom is -0.322 e. The number of nitro benzene ring substituents is 1. The van der Waals surface area contributed by atoms with Gasteiger partial charge in [-0.2, -0.15) is 0 Å². The lowest BCUT2D eigenvalue weighted by Crippen LogP contribution is -2.12. The Hall–Kier alpha value is -0.910. The van der Waals surface area contributed by atoms with Crippen LogP contribution in [0.3, 0.4) is 0 Å². The number of halogens is 3. The smallest absolute Gasteiger partial charge is 0.269 e. The van der Waals surface area contributed by atoms with Crippen molar-refractivity contribution in [3.63, 3.8) is 0 Å². The fraction of sp³-hybridized carbons (Fsp3) is 0.250. The molecule has 84 valence electrons. The molecule has 1 rings (SSSR count). The molecular formula is C8H9Cl2FN2O2. The number of nitro groups is 1. The molecule has 0 bridgehead atoms. The topological polar surface area (TPSA) is 69.2 Å². The quantitative estimate of drug-likeness (QED) is 0.666. The average Bonchev–Trinajstić information content (AvgIpc) is 2.17. The molecule has 0 radical (unpaired) electrons. The Morgan fingerprint density at radius 1 is 1.60 bits per heavy atom. The lowest BCUT2D eigenvalue weighted by atomic mass is 10.1. The molecule has 0 saturated carbocycles. The Balaban J connectivity index is 0.00000196. The van der Waals surface area contributed by atoms with Gasteiger partial charge in [0.05, 0.1) is 11.0 Å². The second kappa shape index (κ2) is 5.85. The number of non-ortho nitro benzene ring substituents is 1. The van der Waals surface area contributed by atoms with E-state index in [0.717, 1.165) is 0 Å². The van der Waals surface area contributed by atoms with Gasteiger partial charge in [0.25, 0.3) is 5.69 Å². The molecule has 0 fully saturated rings. The van der Waals surface area contributed by atoms with Crippen molar-refractivity contribution in [3.05, 3.63) is 38.9 Å². The normalized spacial score (nSPS) is 11.7. The summed E-state index contributed by atoms with van der Waals surface area (Å²) < 4.78 is 12.2. The summed E-state index contributed by atoms with van der Waals surface area (Å²) in [5.41, 5.74) is 5.49. The second-order valence-corrected chi connectivity index (χ2v) is 3.13.